The summed E-state index contributed by atoms with van der Waals surface area (Å²) in [7, 11) is 0. The van der Waals surface area contributed by atoms with Crippen molar-refractivity contribution in [1.29, 1.82) is 0 Å². The quantitative estimate of drug-likeness (QED) is 0.867. The molecule has 0 aliphatic rings. The van der Waals surface area contributed by atoms with E-state index in [1.807, 2.05) is 13.0 Å². The minimum Gasteiger partial charge on any atom is -0.483 e. The second-order valence-electron chi connectivity index (χ2n) is 4.29. The van der Waals surface area contributed by atoms with Crippen LogP contribution in [0.2, 0.25) is 0 Å². The third-order valence-electron chi connectivity index (χ3n) is 2.84. The van der Waals surface area contributed by atoms with E-state index in [2.05, 4.69) is 12.2 Å². The molecule has 0 spiro atoms. The van der Waals surface area contributed by atoms with Gasteiger partial charge < -0.3 is 14.5 Å². The van der Waals surface area contributed by atoms with Crippen LogP contribution >= 0.6 is 0 Å². The summed E-state index contributed by atoms with van der Waals surface area (Å²) in [6, 6.07) is 8.29. The van der Waals surface area contributed by atoms with E-state index < -0.39 is 0 Å². The van der Waals surface area contributed by atoms with E-state index in [4.69, 9.17) is 9.15 Å². The Morgan fingerprint density at radius 3 is 2.84 bits per heavy atom. The number of benzene rings is 1. The first kappa shape index (κ1) is 13.6. The molecule has 0 fully saturated rings. The highest BCUT2D eigenvalue weighted by atomic mass is 19.1. The molecule has 0 saturated carbocycles. The van der Waals surface area contributed by atoms with E-state index in [9.17, 15) is 4.39 Å². The van der Waals surface area contributed by atoms with Crippen molar-refractivity contribution in [3.63, 3.8) is 0 Å². The topological polar surface area (TPSA) is 34.4 Å². The normalized spacial score (nSPS) is 10.7. The lowest BCUT2D eigenvalue weighted by Crippen LogP contribution is -2.11. The number of ether oxygens (including phenoxy) is 1. The fourth-order valence-corrected chi connectivity index (χ4v) is 1.80. The molecule has 1 aromatic heterocycles. The standard InChI is InChI=1S/C15H18FNO2/c1-3-17-9-12-8-13(19-11(12)2)10-18-15-7-5-4-6-14(15)16/h4-8,17H,3,9-10H2,1-2H3. The second-order valence-corrected chi connectivity index (χ2v) is 4.29. The Balaban J connectivity index is 1.98. The van der Waals surface area contributed by atoms with Crippen molar-refractivity contribution in [3.8, 4) is 5.75 Å². The average molecular weight is 263 g/mol. The van der Waals surface area contributed by atoms with Crippen LogP contribution < -0.4 is 10.1 Å². The zero-order valence-electron chi connectivity index (χ0n) is 11.2. The van der Waals surface area contributed by atoms with Crippen molar-refractivity contribution in [2.45, 2.75) is 27.0 Å². The lowest BCUT2D eigenvalue weighted by Gasteiger charge is -2.04. The molecule has 0 aliphatic carbocycles. The molecule has 2 aromatic rings. The zero-order chi connectivity index (χ0) is 13.7. The summed E-state index contributed by atoms with van der Waals surface area (Å²) >= 11 is 0. The lowest BCUT2D eigenvalue weighted by molar-refractivity contribution is 0.256. The van der Waals surface area contributed by atoms with Crippen LogP contribution in [0.1, 0.15) is 24.0 Å². The van der Waals surface area contributed by atoms with Gasteiger partial charge in [-0.2, -0.15) is 0 Å². The summed E-state index contributed by atoms with van der Waals surface area (Å²) in [6.45, 7) is 5.88. The van der Waals surface area contributed by atoms with Crippen LogP contribution in [0.4, 0.5) is 4.39 Å². The SMILES string of the molecule is CCNCc1cc(COc2ccccc2F)oc1C. The molecule has 0 bridgehead atoms. The van der Waals surface area contributed by atoms with Crippen molar-refractivity contribution in [3.05, 3.63) is 53.2 Å². The van der Waals surface area contributed by atoms with E-state index in [0.29, 0.717) is 5.76 Å². The molecule has 3 nitrogen and oxygen atoms in total. The van der Waals surface area contributed by atoms with Crippen LogP contribution in [-0.2, 0) is 13.2 Å². The predicted molar refractivity (Wildman–Crippen MR) is 71.6 cm³/mol. The largest absolute Gasteiger partial charge is 0.483 e. The Morgan fingerprint density at radius 2 is 2.11 bits per heavy atom. The minimum absolute atomic E-state index is 0.230. The molecule has 19 heavy (non-hydrogen) atoms. The highest BCUT2D eigenvalue weighted by Crippen LogP contribution is 2.19. The van der Waals surface area contributed by atoms with Gasteiger partial charge in [0, 0.05) is 12.1 Å². The third kappa shape index (κ3) is 3.58. The molecule has 0 saturated heterocycles. The summed E-state index contributed by atoms with van der Waals surface area (Å²) in [5, 5.41) is 3.24. The van der Waals surface area contributed by atoms with Crippen molar-refractivity contribution >= 4 is 0 Å². The molecule has 4 heteroatoms. The van der Waals surface area contributed by atoms with Crippen molar-refractivity contribution in [2.75, 3.05) is 6.54 Å². The summed E-state index contributed by atoms with van der Waals surface area (Å²) in [5.74, 6) is 1.45. The average Bonchev–Trinajstić information content (AvgIpc) is 2.76. The lowest BCUT2D eigenvalue weighted by atomic mass is 10.2. The van der Waals surface area contributed by atoms with Gasteiger partial charge in [0.1, 0.15) is 18.1 Å². The van der Waals surface area contributed by atoms with Gasteiger partial charge in [-0.15, -0.1) is 0 Å². The van der Waals surface area contributed by atoms with Crippen LogP contribution in [0.5, 0.6) is 5.75 Å². The van der Waals surface area contributed by atoms with E-state index >= 15 is 0 Å². The Kier molecular flexibility index (Phi) is 4.58. The van der Waals surface area contributed by atoms with Gasteiger partial charge >= 0.3 is 0 Å². The van der Waals surface area contributed by atoms with Crippen LogP contribution in [0, 0.1) is 12.7 Å². The Labute approximate surface area is 112 Å². The summed E-state index contributed by atoms with van der Waals surface area (Å²) < 4.78 is 24.4. The van der Waals surface area contributed by atoms with E-state index in [0.717, 1.165) is 24.4 Å². The van der Waals surface area contributed by atoms with Gasteiger partial charge in [-0.25, -0.2) is 4.39 Å². The number of rotatable bonds is 6. The third-order valence-corrected chi connectivity index (χ3v) is 2.84. The van der Waals surface area contributed by atoms with Gasteiger partial charge in [-0.3, -0.25) is 0 Å². The van der Waals surface area contributed by atoms with Crippen molar-refractivity contribution < 1.29 is 13.5 Å². The smallest absolute Gasteiger partial charge is 0.165 e. The molecule has 1 aromatic carbocycles. The molecule has 2 rings (SSSR count). The van der Waals surface area contributed by atoms with Crippen molar-refractivity contribution in [1.82, 2.24) is 5.32 Å². The van der Waals surface area contributed by atoms with E-state index in [1.54, 1.807) is 18.2 Å². The van der Waals surface area contributed by atoms with Gasteiger partial charge in [0.15, 0.2) is 11.6 Å². The molecule has 102 valence electrons. The molecular weight excluding hydrogens is 245 g/mol. The Hall–Kier alpha value is -1.81. The Morgan fingerprint density at radius 1 is 1.32 bits per heavy atom. The van der Waals surface area contributed by atoms with Gasteiger partial charge in [0.25, 0.3) is 0 Å². The maximum atomic E-state index is 13.4. The maximum Gasteiger partial charge on any atom is 0.165 e. The first-order valence-corrected chi connectivity index (χ1v) is 6.37. The predicted octanol–water partition coefficient (Wildman–Crippen LogP) is 3.42. The monoisotopic (exact) mass is 263 g/mol. The maximum absolute atomic E-state index is 13.4. The highest BCUT2D eigenvalue weighted by molar-refractivity contribution is 5.25. The minimum atomic E-state index is -0.362. The van der Waals surface area contributed by atoms with Gasteiger partial charge in [0.05, 0.1) is 0 Å². The molecular formula is C15H18FNO2. The van der Waals surface area contributed by atoms with Crippen LogP contribution in [0.3, 0.4) is 0 Å². The van der Waals surface area contributed by atoms with Gasteiger partial charge in [-0.1, -0.05) is 19.1 Å². The van der Waals surface area contributed by atoms with Crippen LogP contribution in [0.25, 0.3) is 0 Å². The summed E-state index contributed by atoms with van der Waals surface area (Å²) in [4.78, 5) is 0. The number of furan rings is 1. The number of halogens is 1. The first-order valence-electron chi connectivity index (χ1n) is 6.37. The Bertz CT molecular complexity index is 537. The molecule has 0 amide bonds. The van der Waals surface area contributed by atoms with Gasteiger partial charge in [0.2, 0.25) is 0 Å². The van der Waals surface area contributed by atoms with Crippen LogP contribution in [-0.4, -0.2) is 6.54 Å². The van der Waals surface area contributed by atoms with Crippen molar-refractivity contribution in [2.24, 2.45) is 0 Å². The molecule has 0 radical (unpaired) electrons. The number of aryl methyl sites for hydroxylation is 1. The number of hydrogen-bond donors (Lipinski definition) is 1. The van der Waals surface area contributed by atoms with Gasteiger partial charge in [-0.05, 0) is 31.7 Å². The molecule has 0 atom stereocenters. The van der Waals surface area contributed by atoms with E-state index in [1.165, 1.54) is 6.07 Å². The number of nitrogens with one attached hydrogen (secondary N) is 1. The second kappa shape index (κ2) is 6.38. The summed E-state index contributed by atoms with van der Waals surface area (Å²) in [6.07, 6.45) is 0. The molecule has 0 unspecified atom stereocenters. The number of hydrogen-bond acceptors (Lipinski definition) is 3. The fourth-order valence-electron chi connectivity index (χ4n) is 1.80. The molecule has 1 N–H and O–H groups in total. The molecule has 0 aliphatic heterocycles. The zero-order valence-corrected chi connectivity index (χ0v) is 11.2. The number of para-hydroxylation sites is 1. The highest BCUT2D eigenvalue weighted by Gasteiger charge is 2.08. The molecule has 1 heterocycles. The van der Waals surface area contributed by atoms with E-state index in [-0.39, 0.29) is 18.2 Å². The van der Waals surface area contributed by atoms with Crippen LogP contribution in [0.15, 0.2) is 34.7 Å². The first-order chi connectivity index (χ1) is 9.20. The summed E-state index contributed by atoms with van der Waals surface area (Å²) in [5.41, 5.74) is 1.11. The fraction of sp³-hybridized carbons (Fsp3) is 0.333.